The van der Waals surface area contributed by atoms with Gasteiger partial charge in [-0.15, -0.1) is 0 Å². The van der Waals surface area contributed by atoms with Crippen LogP contribution in [0.3, 0.4) is 0 Å². The highest BCUT2D eigenvalue weighted by molar-refractivity contribution is 6.06. The fourth-order valence-corrected chi connectivity index (χ4v) is 1.84. The van der Waals surface area contributed by atoms with Crippen molar-refractivity contribution >= 4 is 17.5 Å². The zero-order valence-corrected chi connectivity index (χ0v) is 11.1. The van der Waals surface area contributed by atoms with Gasteiger partial charge in [-0.05, 0) is 0 Å². The van der Waals surface area contributed by atoms with Crippen molar-refractivity contribution in [3.05, 3.63) is 24.3 Å². The zero-order chi connectivity index (χ0) is 14.7. The van der Waals surface area contributed by atoms with Gasteiger partial charge in [0.25, 0.3) is 11.8 Å². The predicted octanol–water partition coefficient (Wildman–Crippen LogP) is 0.314. The number of hydrogen-bond acceptors (Lipinski definition) is 4. The highest BCUT2D eigenvalue weighted by Gasteiger charge is 2.25. The van der Waals surface area contributed by atoms with Gasteiger partial charge in [0.2, 0.25) is 0 Å². The van der Waals surface area contributed by atoms with Crippen molar-refractivity contribution in [1.82, 2.24) is 14.7 Å². The van der Waals surface area contributed by atoms with Crippen LogP contribution in [0.25, 0.3) is 0 Å². The third kappa shape index (κ3) is 3.02. The number of nitrogens with one attached hydrogen (secondary N) is 1. The minimum absolute atomic E-state index is 0.0731. The molecule has 7 nitrogen and oxygen atoms in total. The first-order chi connectivity index (χ1) is 9.49. The normalized spacial score (nSPS) is 15.0. The van der Waals surface area contributed by atoms with E-state index in [1.165, 1.54) is 10.9 Å². The molecular weight excluding hydrogens is 267 g/mol. The van der Waals surface area contributed by atoms with Crippen molar-refractivity contribution in [2.24, 2.45) is 7.05 Å². The maximum atomic E-state index is 12.7. The molecule has 2 rings (SSSR count). The predicted molar refractivity (Wildman–Crippen MR) is 68.8 cm³/mol. The molecule has 0 atom stereocenters. The lowest BCUT2D eigenvalue weighted by atomic mass is 10.3. The van der Waals surface area contributed by atoms with Gasteiger partial charge in [0.1, 0.15) is 0 Å². The minimum Gasteiger partial charge on any atom is -0.378 e. The van der Waals surface area contributed by atoms with E-state index in [1.54, 1.807) is 11.9 Å². The van der Waals surface area contributed by atoms with E-state index in [2.05, 4.69) is 17.0 Å². The summed E-state index contributed by atoms with van der Waals surface area (Å²) < 4.78 is 19.3. The van der Waals surface area contributed by atoms with E-state index >= 15 is 0 Å². The first-order valence-corrected chi connectivity index (χ1v) is 6.05. The first kappa shape index (κ1) is 14.2. The Kier molecular flexibility index (Phi) is 4.14. The van der Waals surface area contributed by atoms with E-state index in [1.807, 2.05) is 0 Å². The smallest absolute Gasteiger partial charge is 0.283 e. The van der Waals surface area contributed by atoms with Crippen LogP contribution in [0.15, 0.2) is 18.6 Å². The van der Waals surface area contributed by atoms with Crippen molar-refractivity contribution in [3.8, 4) is 0 Å². The van der Waals surface area contributed by atoms with Crippen molar-refractivity contribution in [1.29, 1.82) is 0 Å². The molecule has 1 aliphatic rings. The Morgan fingerprint density at radius 3 is 2.70 bits per heavy atom. The topological polar surface area (TPSA) is 76.5 Å². The van der Waals surface area contributed by atoms with Crippen molar-refractivity contribution in [3.63, 3.8) is 0 Å². The summed E-state index contributed by atoms with van der Waals surface area (Å²) in [5, 5.41) is 6.29. The Balaban J connectivity index is 2.20. The number of morpholine rings is 1. The molecule has 0 spiro atoms. The molecule has 0 bridgehead atoms. The summed E-state index contributed by atoms with van der Waals surface area (Å²) in [7, 11) is 1.61. The van der Waals surface area contributed by atoms with E-state index in [9.17, 15) is 14.0 Å². The van der Waals surface area contributed by atoms with Gasteiger partial charge in [0, 0.05) is 26.3 Å². The number of carbonyl (C=O) groups excluding carboxylic acids is 2. The van der Waals surface area contributed by atoms with Crippen LogP contribution in [0.5, 0.6) is 0 Å². The third-order valence-electron chi connectivity index (χ3n) is 2.82. The van der Waals surface area contributed by atoms with E-state index in [0.717, 1.165) is 0 Å². The third-order valence-corrected chi connectivity index (χ3v) is 2.82. The SMILES string of the molecule is C=C(F)C(=O)Nc1cn(C)nc1C(=O)N1CCOCC1. The van der Waals surface area contributed by atoms with Gasteiger partial charge in [0.05, 0.1) is 18.9 Å². The van der Waals surface area contributed by atoms with Crippen LogP contribution >= 0.6 is 0 Å². The summed E-state index contributed by atoms with van der Waals surface area (Å²) in [6.07, 6.45) is 1.44. The molecule has 1 aliphatic heterocycles. The molecule has 0 aromatic carbocycles. The zero-order valence-electron chi connectivity index (χ0n) is 11.1. The molecule has 8 heteroatoms. The highest BCUT2D eigenvalue weighted by Crippen LogP contribution is 2.17. The number of amides is 2. The minimum atomic E-state index is -1.13. The molecule has 1 saturated heterocycles. The van der Waals surface area contributed by atoms with Gasteiger partial charge in [-0.2, -0.15) is 5.10 Å². The van der Waals surface area contributed by atoms with Gasteiger partial charge >= 0.3 is 0 Å². The number of halogens is 1. The van der Waals surface area contributed by atoms with E-state index in [0.29, 0.717) is 26.3 Å². The molecule has 2 heterocycles. The van der Waals surface area contributed by atoms with Crippen LogP contribution in [0, 0.1) is 0 Å². The first-order valence-electron chi connectivity index (χ1n) is 6.05. The fourth-order valence-electron chi connectivity index (χ4n) is 1.84. The number of hydrogen-bond donors (Lipinski definition) is 1. The maximum absolute atomic E-state index is 12.7. The molecular formula is C12H15FN4O3. The van der Waals surface area contributed by atoms with Crippen LogP contribution in [-0.2, 0) is 16.6 Å². The lowest BCUT2D eigenvalue weighted by Crippen LogP contribution is -2.41. The van der Waals surface area contributed by atoms with Gasteiger partial charge in [-0.25, -0.2) is 4.39 Å². The highest BCUT2D eigenvalue weighted by atomic mass is 19.1. The van der Waals surface area contributed by atoms with Crippen LogP contribution < -0.4 is 5.32 Å². The number of ether oxygens (including phenoxy) is 1. The number of rotatable bonds is 3. The van der Waals surface area contributed by atoms with E-state index in [4.69, 9.17) is 4.74 Å². The number of aryl methyl sites for hydroxylation is 1. The average molecular weight is 282 g/mol. The summed E-state index contributed by atoms with van der Waals surface area (Å²) in [6, 6.07) is 0. The van der Waals surface area contributed by atoms with Crippen molar-refractivity contribution < 1.29 is 18.7 Å². The average Bonchev–Trinajstić information content (AvgIpc) is 2.79. The van der Waals surface area contributed by atoms with Crippen LogP contribution in [0.1, 0.15) is 10.5 Å². The Morgan fingerprint density at radius 2 is 2.10 bits per heavy atom. The Morgan fingerprint density at radius 1 is 1.45 bits per heavy atom. The molecule has 20 heavy (non-hydrogen) atoms. The summed E-state index contributed by atoms with van der Waals surface area (Å²) in [6.45, 7) is 4.74. The largest absolute Gasteiger partial charge is 0.378 e. The van der Waals surface area contributed by atoms with Gasteiger partial charge in [-0.3, -0.25) is 14.3 Å². The lowest BCUT2D eigenvalue weighted by molar-refractivity contribution is -0.114. The number of aromatic nitrogens is 2. The molecule has 1 N–H and O–H groups in total. The molecule has 0 aliphatic carbocycles. The maximum Gasteiger partial charge on any atom is 0.283 e. The molecule has 2 amide bonds. The Labute approximate surface area is 115 Å². The summed E-state index contributed by atoms with van der Waals surface area (Å²) >= 11 is 0. The van der Waals surface area contributed by atoms with Gasteiger partial charge in [0.15, 0.2) is 11.5 Å². The molecule has 0 radical (unpaired) electrons. The molecule has 108 valence electrons. The lowest BCUT2D eigenvalue weighted by Gasteiger charge is -2.26. The van der Waals surface area contributed by atoms with E-state index < -0.39 is 11.7 Å². The van der Waals surface area contributed by atoms with Crippen LogP contribution in [0.4, 0.5) is 10.1 Å². The number of anilines is 1. The monoisotopic (exact) mass is 282 g/mol. The molecule has 0 unspecified atom stereocenters. The standard InChI is InChI=1S/C12H15FN4O3/c1-8(13)11(18)14-9-7-16(2)15-10(9)12(19)17-3-5-20-6-4-17/h7H,1,3-6H2,2H3,(H,14,18). The summed E-state index contributed by atoms with van der Waals surface area (Å²) in [5.74, 6) is -2.44. The molecule has 0 saturated carbocycles. The van der Waals surface area contributed by atoms with Crippen LogP contribution in [0.2, 0.25) is 0 Å². The number of nitrogens with zero attached hydrogens (tertiary/aromatic N) is 3. The van der Waals surface area contributed by atoms with Gasteiger partial charge in [-0.1, -0.05) is 6.58 Å². The van der Waals surface area contributed by atoms with Crippen molar-refractivity contribution in [2.45, 2.75) is 0 Å². The second-order valence-electron chi connectivity index (χ2n) is 4.33. The van der Waals surface area contributed by atoms with E-state index in [-0.39, 0.29) is 17.3 Å². The Hall–Kier alpha value is -2.22. The van der Waals surface area contributed by atoms with Gasteiger partial charge < -0.3 is 15.0 Å². The second kappa shape index (κ2) is 5.83. The van der Waals surface area contributed by atoms with Crippen LogP contribution in [-0.4, -0.2) is 52.8 Å². The fraction of sp³-hybridized carbons (Fsp3) is 0.417. The molecule has 1 aromatic heterocycles. The quantitative estimate of drug-likeness (QED) is 0.810. The molecule has 1 fully saturated rings. The second-order valence-corrected chi connectivity index (χ2v) is 4.33. The summed E-state index contributed by atoms with van der Waals surface area (Å²) in [4.78, 5) is 25.2. The Bertz CT molecular complexity index is 549. The molecule has 1 aromatic rings. The van der Waals surface area contributed by atoms with Crippen molar-refractivity contribution in [2.75, 3.05) is 31.6 Å². The number of carbonyl (C=O) groups is 2. The summed E-state index contributed by atoms with van der Waals surface area (Å²) in [5.41, 5.74) is 0.233.